The average Bonchev–Trinajstić information content (AvgIpc) is 2.42. The molecule has 0 amide bonds. The van der Waals surface area contributed by atoms with Crippen LogP contribution in [0.1, 0.15) is 24.9 Å². The summed E-state index contributed by atoms with van der Waals surface area (Å²) in [6, 6.07) is 7.70. The van der Waals surface area contributed by atoms with Crippen LogP contribution in [0.15, 0.2) is 24.3 Å². The van der Waals surface area contributed by atoms with E-state index in [1.165, 1.54) is 0 Å². The standard InChI is InChI=1S/C14H21ClN2O2S/c1-2-13(16)14(11-3-5-12(15)6-4-11)17-7-9-20(18,19)10-8-17/h3-6,13-14H,2,7-10,16H2,1H3. The minimum absolute atomic E-state index is 0.0167. The van der Waals surface area contributed by atoms with E-state index < -0.39 is 9.84 Å². The van der Waals surface area contributed by atoms with Crippen molar-refractivity contribution in [2.45, 2.75) is 25.4 Å². The van der Waals surface area contributed by atoms with E-state index in [4.69, 9.17) is 17.3 Å². The fourth-order valence-corrected chi connectivity index (χ4v) is 3.97. The minimum atomic E-state index is -2.87. The van der Waals surface area contributed by atoms with Gasteiger partial charge < -0.3 is 5.73 Å². The Balaban J connectivity index is 2.22. The van der Waals surface area contributed by atoms with Crippen molar-refractivity contribution in [2.24, 2.45) is 5.73 Å². The van der Waals surface area contributed by atoms with Gasteiger partial charge in [-0.2, -0.15) is 0 Å². The van der Waals surface area contributed by atoms with E-state index in [2.05, 4.69) is 4.90 Å². The summed E-state index contributed by atoms with van der Waals surface area (Å²) >= 11 is 5.93. The summed E-state index contributed by atoms with van der Waals surface area (Å²) in [4.78, 5) is 2.18. The van der Waals surface area contributed by atoms with Crippen LogP contribution in [-0.4, -0.2) is 44.0 Å². The van der Waals surface area contributed by atoms with Crippen molar-refractivity contribution in [1.82, 2.24) is 4.90 Å². The van der Waals surface area contributed by atoms with E-state index in [1.54, 1.807) is 0 Å². The third-order valence-corrected chi connectivity index (χ3v) is 5.72. The van der Waals surface area contributed by atoms with E-state index in [9.17, 15) is 8.42 Å². The molecule has 1 saturated heterocycles. The normalized spacial score (nSPS) is 22.4. The van der Waals surface area contributed by atoms with Crippen LogP contribution in [0.5, 0.6) is 0 Å². The highest BCUT2D eigenvalue weighted by atomic mass is 35.5. The fourth-order valence-electron chi connectivity index (χ4n) is 2.62. The maximum Gasteiger partial charge on any atom is 0.152 e. The lowest BCUT2D eigenvalue weighted by molar-refractivity contribution is 0.183. The summed E-state index contributed by atoms with van der Waals surface area (Å²) in [5.74, 6) is 0.432. The number of hydrogen-bond donors (Lipinski definition) is 1. The predicted octanol–water partition coefficient (Wildman–Crippen LogP) is 1.85. The predicted molar refractivity (Wildman–Crippen MR) is 82.7 cm³/mol. The van der Waals surface area contributed by atoms with Crippen LogP contribution < -0.4 is 5.73 Å². The van der Waals surface area contributed by atoms with Crippen LogP contribution in [0.2, 0.25) is 5.02 Å². The molecular formula is C14H21ClN2O2S. The molecule has 2 atom stereocenters. The van der Waals surface area contributed by atoms with Crippen molar-refractivity contribution in [3.8, 4) is 0 Å². The maximum absolute atomic E-state index is 11.6. The highest BCUT2D eigenvalue weighted by Gasteiger charge is 2.30. The van der Waals surface area contributed by atoms with Gasteiger partial charge in [-0.1, -0.05) is 30.7 Å². The molecule has 6 heteroatoms. The molecule has 2 unspecified atom stereocenters. The van der Waals surface area contributed by atoms with Crippen LogP contribution in [0, 0.1) is 0 Å². The van der Waals surface area contributed by atoms with Crippen molar-refractivity contribution in [3.05, 3.63) is 34.9 Å². The van der Waals surface area contributed by atoms with Crippen molar-refractivity contribution in [3.63, 3.8) is 0 Å². The summed E-state index contributed by atoms with van der Waals surface area (Å²) < 4.78 is 23.1. The van der Waals surface area contributed by atoms with E-state index in [0.29, 0.717) is 18.1 Å². The van der Waals surface area contributed by atoms with E-state index in [0.717, 1.165) is 12.0 Å². The zero-order valence-electron chi connectivity index (χ0n) is 11.6. The number of nitrogens with zero attached hydrogens (tertiary/aromatic N) is 1. The zero-order valence-corrected chi connectivity index (χ0v) is 13.2. The molecule has 1 fully saturated rings. The molecule has 1 heterocycles. The number of halogens is 1. The Morgan fingerprint density at radius 1 is 1.25 bits per heavy atom. The highest BCUT2D eigenvalue weighted by Crippen LogP contribution is 2.27. The molecule has 0 aromatic heterocycles. The van der Waals surface area contributed by atoms with Gasteiger partial charge in [0.15, 0.2) is 9.84 Å². The lowest BCUT2D eigenvalue weighted by atomic mass is 9.96. The molecule has 0 saturated carbocycles. The van der Waals surface area contributed by atoms with E-state index in [-0.39, 0.29) is 23.6 Å². The Bertz CT molecular complexity index is 531. The number of hydrogen-bond acceptors (Lipinski definition) is 4. The molecule has 0 radical (unpaired) electrons. The van der Waals surface area contributed by atoms with Crippen molar-refractivity contribution in [2.75, 3.05) is 24.6 Å². The molecule has 1 aliphatic heterocycles. The summed E-state index contributed by atoms with van der Waals surface area (Å²) in [5, 5.41) is 0.693. The zero-order chi connectivity index (χ0) is 14.8. The third kappa shape index (κ3) is 3.73. The van der Waals surface area contributed by atoms with Gasteiger partial charge in [-0.15, -0.1) is 0 Å². The highest BCUT2D eigenvalue weighted by molar-refractivity contribution is 7.91. The van der Waals surface area contributed by atoms with Crippen molar-refractivity contribution in [1.29, 1.82) is 0 Å². The van der Waals surface area contributed by atoms with Crippen LogP contribution in [0.3, 0.4) is 0 Å². The molecule has 20 heavy (non-hydrogen) atoms. The first-order valence-corrected chi connectivity index (χ1v) is 9.08. The Kier molecular flexibility index (Phi) is 5.07. The molecular weight excluding hydrogens is 296 g/mol. The second kappa shape index (κ2) is 6.43. The fraction of sp³-hybridized carbons (Fsp3) is 0.571. The smallest absolute Gasteiger partial charge is 0.152 e. The summed E-state index contributed by atoms with van der Waals surface area (Å²) in [6.45, 7) is 3.14. The van der Waals surface area contributed by atoms with Gasteiger partial charge >= 0.3 is 0 Å². The van der Waals surface area contributed by atoms with Gasteiger partial charge in [0.25, 0.3) is 0 Å². The largest absolute Gasteiger partial charge is 0.326 e. The molecule has 2 rings (SSSR count). The molecule has 112 valence electrons. The number of sulfone groups is 1. The summed E-state index contributed by atoms with van der Waals surface area (Å²) in [5.41, 5.74) is 7.36. The monoisotopic (exact) mass is 316 g/mol. The molecule has 1 aromatic carbocycles. The minimum Gasteiger partial charge on any atom is -0.326 e. The van der Waals surface area contributed by atoms with Gasteiger partial charge in [0.05, 0.1) is 11.5 Å². The topological polar surface area (TPSA) is 63.4 Å². The van der Waals surface area contributed by atoms with Gasteiger partial charge in [-0.05, 0) is 24.1 Å². The van der Waals surface area contributed by atoms with E-state index >= 15 is 0 Å². The lowest BCUT2D eigenvalue weighted by Crippen LogP contribution is -2.48. The Morgan fingerprint density at radius 3 is 2.30 bits per heavy atom. The number of benzene rings is 1. The Hall–Kier alpha value is -0.620. The SMILES string of the molecule is CCC(N)C(c1ccc(Cl)cc1)N1CCS(=O)(=O)CC1. The summed E-state index contributed by atoms with van der Waals surface area (Å²) in [7, 11) is -2.87. The van der Waals surface area contributed by atoms with Gasteiger partial charge in [-0.25, -0.2) is 8.42 Å². The molecule has 4 nitrogen and oxygen atoms in total. The molecule has 0 spiro atoms. The van der Waals surface area contributed by atoms with Gasteiger partial charge in [-0.3, -0.25) is 4.90 Å². The first-order chi connectivity index (χ1) is 9.43. The lowest BCUT2D eigenvalue weighted by Gasteiger charge is -2.37. The third-order valence-electron chi connectivity index (χ3n) is 3.86. The average molecular weight is 317 g/mol. The molecule has 1 aliphatic rings. The van der Waals surface area contributed by atoms with Gasteiger partial charge in [0.2, 0.25) is 0 Å². The van der Waals surface area contributed by atoms with Crippen molar-refractivity contribution < 1.29 is 8.42 Å². The first kappa shape index (κ1) is 15.8. The van der Waals surface area contributed by atoms with Crippen LogP contribution in [-0.2, 0) is 9.84 Å². The van der Waals surface area contributed by atoms with Crippen LogP contribution in [0.25, 0.3) is 0 Å². The van der Waals surface area contributed by atoms with Crippen LogP contribution in [0.4, 0.5) is 0 Å². The molecule has 1 aromatic rings. The quantitative estimate of drug-likeness (QED) is 0.920. The van der Waals surface area contributed by atoms with Crippen molar-refractivity contribution >= 4 is 21.4 Å². The second-order valence-electron chi connectivity index (χ2n) is 5.26. The summed E-state index contributed by atoms with van der Waals surface area (Å²) in [6.07, 6.45) is 0.844. The number of rotatable bonds is 4. The molecule has 0 aliphatic carbocycles. The number of nitrogens with two attached hydrogens (primary N) is 1. The van der Waals surface area contributed by atoms with Gasteiger partial charge in [0, 0.05) is 30.2 Å². The Labute approximate surface area is 125 Å². The van der Waals surface area contributed by atoms with E-state index in [1.807, 2.05) is 31.2 Å². The first-order valence-electron chi connectivity index (χ1n) is 6.88. The second-order valence-corrected chi connectivity index (χ2v) is 8.00. The van der Waals surface area contributed by atoms with Crippen LogP contribution >= 0.6 is 11.6 Å². The van der Waals surface area contributed by atoms with Gasteiger partial charge in [0.1, 0.15) is 0 Å². The molecule has 0 bridgehead atoms. The molecule has 2 N–H and O–H groups in total. The Morgan fingerprint density at radius 2 is 1.80 bits per heavy atom. The maximum atomic E-state index is 11.6.